The van der Waals surface area contributed by atoms with Gasteiger partial charge in [0.2, 0.25) is 5.91 Å². The summed E-state index contributed by atoms with van der Waals surface area (Å²) in [4.78, 5) is 18.0. The number of amides is 1. The maximum Gasteiger partial charge on any atom is 0.229 e. The molecule has 1 aliphatic carbocycles. The Hall–Kier alpha value is -3.24. The molecule has 0 saturated heterocycles. The zero-order chi connectivity index (χ0) is 22.1. The average Bonchev–Trinajstić information content (AvgIpc) is 3.51. The van der Waals surface area contributed by atoms with E-state index in [9.17, 15) is 4.79 Å². The molecule has 0 bridgehead atoms. The number of carbonyl (C=O) groups is 1. The van der Waals surface area contributed by atoms with E-state index in [1.54, 1.807) is 18.1 Å². The second-order valence-corrected chi connectivity index (χ2v) is 9.29. The molecule has 5 rings (SSSR count). The van der Waals surface area contributed by atoms with Crippen molar-refractivity contribution in [1.82, 2.24) is 24.1 Å². The summed E-state index contributed by atoms with van der Waals surface area (Å²) in [6, 6.07) is 9.80. The normalized spacial score (nSPS) is 20.1. The van der Waals surface area contributed by atoms with Gasteiger partial charge < -0.3 is 20.7 Å². The number of carbonyl (C=O) groups excluding carboxylic acids is 1. The number of rotatable bonds is 6. The largest absolute Gasteiger partial charge is 0.327 e. The van der Waals surface area contributed by atoms with Crippen LogP contribution in [0.2, 0.25) is 0 Å². The van der Waals surface area contributed by atoms with Crippen molar-refractivity contribution in [3.05, 3.63) is 60.4 Å². The van der Waals surface area contributed by atoms with Gasteiger partial charge in [0, 0.05) is 40.8 Å². The van der Waals surface area contributed by atoms with Crippen LogP contribution in [0.25, 0.3) is 5.82 Å². The van der Waals surface area contributed by atoms with Crippen molar-refractivity contribution in [2.75, 3.05) is 10.6 Å². The monoisotopic (exact) mass is 450 g/mol. The smallest absolute Gasteiger partial charge is 0.229 e. The van der Waals surface area contributed by atoms with E-state index >= 15 is 0 Å². The van der Waals surface area contributed by atoms with Gasteiger partial charge in [0.25, 0.3) is 0 Å². The van der Waals surface area contributed by atoms with Gasteiger partial charge in [-0.25, -0.2) is 4.98 Å². The molecule has 1 aliphatic heterocycles. The van der Waals surface area contributed by atoms with E-state index in [0.717, 1.165) is 53.0 Å². The van der Waals surface area contributed by atoms with Crippen LogP contribution < -0.4 is 16.4 Å². The maximum atomic E-state index is 12.5. The fourth-order valence-electron chi connectivity index (χ4n) is 4.10. The Balaban J connectivity index is 1.26. The molecule has 2 unspecified atom stereocenters. The molecule has 3 aromatic rings. The summed E-state index contributed by atoms with van der Waals surface area (Å²) in [5, 5.41) is 13.6. The third-order valence-corrected chi connectivity index (χ3v) is 6.71. The molecule has 32 heavy (non-hydrogen) atoms. The van der Waals surface area contributed by atoms with Crippen molar-refractivity contribution in [2.24, 2.45) is 11.7 Å². The third-order valence-electron chi connectivity index (χ3n) is 5.75. The standard InChI is InChI=1S/C22H26N8OS/c1-14-11-19(28-27-14)26-21-13-29(12-20-24-9-10-30(20)21)32-16-7-5-15(6-8-16)25-22(31)17-3-2-4-18(17)23/h5-11,13,17-18H,2-4,12,23H2,1H3,(H,25,31)(H2,26,27,28). The zero-order valence-corrected chi connectivity index (χ0v) is 18.6. The van der Waals surface area contributed by atoms with Crippen LogP contribution in [-0.4, -0.2) is 36.0 Å². The first kappa shape index (κ1) is 20.7. The van der Waals surface area contributed by atoms with Crippen molar-refractivity contribution in [1.29, 1.82) is 0 Å². The highest BCUT2D eigenvalue weighted by molar-refractivity contribution is 7.97. The lowest BCUT2D eigenvalue weighted by Crippen LogP contribution is -2.34. The summed E-state index contributed by atoms with van der Waals surface area (Å²) in [6.07, 6.45) is 8.58. The number of imidazole rings is 1. The molecule has 1 aromatic carbocycles. The summed E-state index contributed by atoms with van der Waals surface area (Å²) >= 11 is 1.61. The molecular weight excluding hydrogens is 424 g/mol. The average molecular weight is 451 g/mol. The van der Waals surface area contributed by atoms with Gasteiger partial charge in [-0.3, -0.25) is 14.5 Å². The Bertz CT molecular complexity index is 1140. The summed E-state index contributed by atoms with van der Waals surface area (Å²) in [5.74, 6) is 2.49. The highest BCUT2D eigenvalue weighted by Crippen LogP contribution is 2.31. The molecule has 2 atom stereocenters. The van der Waals surface area contributed by atoms with E-state index in [2.05, 4.69) is 30.1 Å². The zero-order valence-electron chi connectivity index (χ0n) is 17.8. The first-order valence-corrected chi connectivity index (χ1v) is 11.5. The molecule has 0 spiro atoms. The van der Waals surface area contributed by atoms with Gasteiger partial charge >= 0.3 is 0 Å². The number of H-pyrrole nitrogens is 1. The predicted molar refractivity (Wildman–Crippen MR) is 125 cm³/mol. The number of hydrogen-bond donors (Lipinski definition) is 4. The first-order valence-electron chi connectivity index (χ1n) is 10.7. The molecule has 5 N–H and O–H groups in total. The Labute approximate surface area is 190 Å². The number of nitrogens with two attached hydrogens (primary N) is 1. The van der Waals surface area contributed by atoms with Crippen LogP contribution in [0.15, 0.2) is 53.8 Å². The minimum absolute atomic E-state index is 0.0190. The Morgan fingerprint density at radius 3 is 2.84 bits per heavy atom. The summed E-state index contributed by atoms with van der Waals surface area (Å²) in [7, 11) is 0. The molecule has 2 aliphatic rings. The number of aromatic nitrogens is 4. The van der Waals surface area contributed by atoms with Gasteiger partial charge in [-0.2, -0.15) is 5.10 Å². The SMILES string of the molecule is Cc1cc(NC2=CN(Sc3ccc(NC(=O)C4CCCC4N)cc3)Cc3nccn32)n[nH]1. The number of aryl methyl sites for hydroxylation is 1. The van der Waals surface area contributed by atoms with Crippen molar-refractivity contribution in [3.8, 4) is 0 Å². The van der Waals surface area contributed by atoms with Crippen LogP contribution >= 0.6 is 11.9 Å². The second-order valence-electron chi connectivity index (χ2n) is 8.17. The molecule has 1 amide bonds. The maximum absolute atomic E-state index is 12.5. The van der Waals surface area contributed by atoms with E-state index in [0.29, 0.717) is 6.54 Å². The number of fused-ring (bicyclic) bond motifs is 1. The number of benzene rings is 1. The fourth-order valence-corrected chi connectivity index (χ4v) is 4.96. The van der Waals surface area contributed by atoms with E-state index in [1.807, 2.05) is 54.2 Å². The minimum atomic E-state index is -0.0875. The molecule has 1 saturated carbocycles. The van der Waals surface area contributed by atoms with Crippen LogP contribution in [0.5, 0.6) is 0 Å². The van der Waals surface area contributed by atoms with Gasteiger partial charge in [-0.05, 0) is 56.0 Å². The molecule has 2 aromatic heterocycles. The molecule has 3 heterocycles. The van der Waals surface area contributed by atoms with E-state index < -0.39 is 0 Å². The van der Waals surface area contributed by atoms with E-state index in [-0.39, 0.29) is 17.9 Å². The first-order chi connectivity index (χ1) is 15.5. The summed E-state index contributed by atoms with van der Waals surface area (Å²) < 4.78 is 4.14. The van der Waals surface area contributed by atoms with Gasteiger partial charge in [0.1, 0.15) is 11.6 Å². The topological polar surface area (TPSA) is 117 Å². The molecule has 166 valence electrons. The van der Waals surface area contributed by atoms with Gasteiger partial charge in [-0.15, -0.1) is 0 Å². The Morgan fingerprint density at radius 1 is 1.28 bits per heavy atom. The third kappa shape index (κ3) is 4.37. The van der Waals surface area contributed by atoms with Crippen LogP contribution in [0.4, 0.5) is 11.5 Å². The lowest BCUT2D eigenvalue weighted by Gasteiger charge is -2.26. The fraction of sp³-hybridized carbons (Fsp3) is 0.318. The van der Waals surface area contributed by atoms with Gasteiger partial charge in [0.05, 0.1) is 18.7 Å². The quantitative estimate of drug-likeness (QED) is 0.425. The molecule has 0 radical (unpaired) electrons. The van der Waals surface area contributed by atoms with E-state index in [1.165, 1.54) is 0 Å². The molecule has 1 fully saturated rings. The number of anilines is 2. The van der Waals surface area contributed by atoms with Crippen molar-refractivity contribution < 1.29 is 4.79 Å². The van der Waals surface area contributed by atoms with Crippen LogP contribution in [-0.2, 0) is 11.3 Å². The number of aromatic amines is 1. The second kappa shape index (κ2) is 8.71. The lowest BCUT2D eigenvalue weighted by atomic mass is 10.0. The summed E-state index contributed by atoms with van der Waals surface area (Å²) in [5.41, 5.74) is 7.84. The van der Waals surface area contributed by atoms with Crippen LogP contribution in [0.3, 0.4) is 0 Å². The van der Waals surface area contributed by atoms with E-state index in [4.69, 9.17) is 5.73 Å². The number of hydrogen-bond acceptors (Lipinski definition) is 7. The summed E-state index contributed by atoms with van der Waals surface area (Å²) in [6.45, 7) is 2.63. The van der Waals surface area contributed by atoms with Crippen molar-refractivity contribution in [2.45, 2.75) is 43.7 Å². The lowest BCUT2D eigenvalue weighted by molar-refractivity contribution is -0.120. The number of nitrogens with one attached hydrogen (secondary N) is 3. The highest BCUT2D eigenvalue weighted by atomic mass is 32.2. The molecular formula is C22H26N8OS. The molecule has 10 heteroatoms. The Morgan fingerprint density at radius 2 is 2.12 bits per heavy atom. The van der Waals surface area contributed by atoms with Gasteiger partial charge in [-0.1, -0.05) is 6.42 Å². The minimum Gasteiger partial charge on any atom is -0.327 e. The highest BCUT2D eigenvalue weighted by Gasteiger charge is 2.30. The Kier molecular flexibility index (Phi) is 5.62. The van der Waals surface area contributed by atoms with Crippen molar-refractivity contribution >= 4 is 35.2 Å². The molecule has 9 nitrogen and oxygen atoms in total. The van der Waals surface area contributed by atoms with Gasteiger partial charge in [0.15, 0.2) is 5.82 Å². The van der Waals surface area contributed by atoms with Crippen LogP contribution in [0.1, 0.15) is 30.8 Å². The van der Waals surface area contributed by atoms with Crippen LogP contribution in [0, 0.1) is 12.8 Å². The number of nitrogens with zero attached hydrogens (tertiary/aromatic N) is 4. The predicted octanol–water partition coefficient (Wildman–Crippen LogP) is 3.37. The van der Waals surface area contributed by atoms with Crippen molar-refractivity contribution in [3.63, 3.8) is 0 Å².